The van der Waals surface area contributed by atoms with Crippen molar-refractivity contribution < 1.29 is 14.7 Å². The zero-order valence-corrected chi connectivity index (χ0v) is 11.8. The molecule has 2 aromatic rings. The van der Waals surface area contributed by atoms with Crippen LogP contribution in [0.3, 0.4) is 0 Å². The molecule has 0 aliphatic heterocycles. The predicted octanol–water partition coefficient (Wildman–Crippen LogP) is 1.25. The van der Waals surface area contributed by atoms with Crippen molar-refractivity contribution in [2.75, 3.05) is 0 Å². The third kappa shape index (κ3) is 3.30. The Morgan fingerprint density at radius 2 is 2.05 bits per heavy atom. The molecule has 1 heterocycles. The van der Waals surface area contributed by atoms with Crippen LogP contribution in [-0.4, -0.2) is 38.0 Å². The zero-order valence-electron chi connectivity index (χ0n) is 11.8. The summed E-state index contributed by atoms with van der Waals surface area (Å²) in [5, 5.41) is 19.3. The fraction of sp³-hybridized carbons (Fsp3) is 0.333. The van der Waals surface area contributed by atoms with Crippen molar-refractivity contribution in [1.82, 2.24) is 20.3 Å². The quantitative estimate of drug-likeness (QED) is 0.837. The number of carboxylic acids is 1. The smallest absolute Gasteiger partial charge is 0.326 e. The molecule has 22 heavy (non-hydrogen) atoms. The largest absolute Gasteiger partial charge is 0.480 e. The van der Waals surface area contributed by atoms with Crippen molar-refractivity contribution in [3.05, 3.63) is 42.2 Å². The number of carbonyl (C=O) groups is 2. The van der Waals surface area contributed by atoms with Crippen LogP contribution in [0.5, 0.6) is 0 Å². The van der Waals surface area contributed by atoms with Crippen molar-refractivity contribution >= 4 is 11.9 Å². The van der Waals surface area contributed by atoms with Gasteiger partial charge in [0.15, 0.2) is 0 Å². The van der Waals surface area contributed by atoms with Crippen molar-refractivity contribution in [1.29, 1.82) is 0 Å². The fourth-order valence-electron chi connectivity index (χ4n) is 2.26. The first-order chi connectivity index (χ1) is 10.6. The molecule has 1 amide bonds. The van der Waals surface area contributed by atoms with Gasteiger partial charge in [0.05, 0.1) is 18.1 Å². The highest BCUT2D eigenvalue weighted by Gasteiger charge is 2.30. The molecule has 7 heteroatoms. The first-order valence-corrected chi connectivity index (χ1v) is 7.14. The summed E-state index contributed by atoms with van der Waals surface area (Å²) in [4.78, 5) is 23.4. The molecule has 2 N–H and O–H groups in total. The molecule has 1 unspecified atom stereocenters. The van der Waals surface area contributed by atoms with Gasteiger partial charge in [-0.25, -0.2) is 9.48 Å². The summed E-state index contributed by atoms with van der Waals surface area (Å²) < 4.78 is 1.58. The van der Waals surface area contributed by atoms with Crippen LogP contribution >= 0.6 is 0 Å². The molecule has 7 nitrogen and oxygen atoms in total. The van der Waals surface area contributed by atoms with E-state index in [1.807, 2.05) is 0 Å². The lowest BCUT2D eigenvalue weighted by Crippen LogP contribution is -2.41. The monoisotopic (exact) mass is 300 g/mol. The van der Waals surface area contributed by atoms with Gasteiger partial charge < -0.3 is 10.4 Å². The Labute approximate surface area is 126 Å². The van der Waals surface area contributed by atoms with Crippen LogP contribution in [-0.2, 0) is 4.79 Å². The maximum absolute atomic E-state index is 12.2. The second-order valence-electron chi connectivity index (χ2n) is 5.44. The van der Waals surface area contributed by atoms with Crippen molar-refractivity contribution in [3.8, 4) is 5.69 Å². The number of nitrogens with one attached hydrogen (secondary N) is 1. The molecule has 0 spiro atoms. The first kappa shape index (κ1) is 14.2. The molecule has 1 saturated carbocycles. The highest BCUT2D eigenvalue weighted by molar-refractivity contribution is 5.96. The van der Waals surface area contributed by atoms with Gasteiger partial charge in [0.25, 0.3) is 5.91 Å². The number of amides is 1. The maximum atomic E-state index is 12.2. The van der Waals surface area contributed by atoms with Crippen molar-refractivity contribution in [2.45, 2.75) is 25.3 Å². The minimum Gasteiger partial charge on any atom is -0.480 e. The number of benzene rings is 1. The second kappa shape index (κ2) is 5.97. The topological polar surface area (TPSA) is 97.1 Å². The normalized spacial score (nSPS) is 15.3. The summed E-state index contributed by atoms with van der Waals surface area (Å²) >= 11 is 0. The third-order valence-electron chi connectivity index (χ3n) is 3.69. The van der Waals surface area contributed by atoms with E-state index in [-0.39, 0.29) is 5.91 Å². The Bertz CT molecular complexity index is 663. The molecular weight excluding hydrogens is 284 g/mol. The highest BCUT2D eigenvalue weighted by atomic mass is 16.4. The minimum atomic E-state index is -0.987. The van der Waals surface area contributed by atoms with Crippen LogP contribution < -0.4 is 5.32 Å². The molecule has 3 rings (SSSR count). The lowest BCUT2D eigenvalue weighted by Gasteiger charge is -2.14. The van der Waals surface area contributed by atoms with E-state index in [0.29, 0.717) is 17.9 Å². The molecule has 0 saturated heterocycles. The highest BCUT2D eigenvalue weighted by Crippen LogP contribution is 2.33. The summed E-state index contributed by atoms with van der Waals surface area (Å²) in [7, 11) is 0. The molecule has 114 valence electrons. The molecule has 1 fully saturated rings. The van der Waals surface area contributed by atoms with Crippen molar-refractivity contribution in [2.24, 2.45) is 5.92 Å². The van der Waals surface area contributed by atoms with E-state index in [1.165, 1.54) is 0 Å². The van der Waals surface area contributed by atoms with Gasteiger partial charge in [-0.2, -0.15) is 0 Å². The minimum absolute atomic E-state index is 0.377. The molecule has 1 aliphatic carbocycles. The van der Waals surface area contributed by atoms with Gasteiger partial charge in [0.1, 0.15) is 6.04 Å². The van der Waals surface area contributed by atoms with Gasteiger partial charge in [-0.1, -0.05) is 18.1 Å². The van der Waals surface area contributed by atoms with Gasteiger partial charge in [-0.3, -0.25) is 4.79 Å². The van der Waals surface area contributed by atoms with E-state index < -0.39 is 12.0 Å². The Kier molecular flexibility index (Phi) is 3.86. The fourth-order valence-corrected chi connectivity index (χ4v) is 2.26. The van der Waals surface area contributed by atoms with Gasteiger partial charge in [0.2, 0.25) is 0 Å². The lowest BCUT2D eigenvalue weighted by molar-refractivity contribution is -0.139. The second-order valence-corrected chi connectivity index (χ2v) is 5.44. The number of hydrogen-bond acceptors (Lipinski definition) is 4. The number of aromatic nitrogens is 3. The number of nitrogens with zero attached hydrogens (tertiary/aromatic N) is 3. The summed E-state index contributed by atoms with van der Waals surface area (Å²) in [5.41, 5.74) is 1.20. The van der Waals surface area contributed by atoms with E-state index in [0.717, 1.165) is 18.5 Å². The van der Waals surface area contributed by atoms with Gasteiger partial charge in [-0.15, -0.1) is 5.10 Å². The van der Waals surface area contributed by atoms with Gasteiger partial charge in [-0.05, 0) is 36.6 Å². The van der Waals surface area contributed by atoms with Gasteiger partial charge >= 0.3 is 5.97 Å². The van der Waals surface area contributed by atoms with Gasteiger partial charge in [0, 0.05) is 5.56 Å². The Balaban J connectivity index is 1.67. The number of rotatable bonds is 6. The van der Waals surface area contributed by atoms with E-state index >= 15 is 0 Å². The average Bonchev–Trinajstić information content (AvgIpc) is 3.16. The van der Waals surface area contributed by atoms with E-state index in [2.05, 4.69) is 15.6 Å². The average molecular weight is 300 g/mol. The standard InChI is InChI=1S/C15H16N4O3/c20-14(17-13(15(21)22)9-10-1-2-10)11-3-5-12(6-4-11)19-8-7-16-18-19/h3-8,10,13H,1-2,9H2,(H,17,20)(H,21,22). The van der Waals surface area contributed by atoms with E-state index in [1.54, 1.807) is 41.3 Å². The summed E-state index contributed by atoms with van der Waals surface area (Å²) in [6.07, 6.45) is 5.86. The number of aliphatic carboxylic acids is 1. The molecular formula is C15H16N4O3. The SMILES string of the molecule is O=C(NC(CC1CC1)C(=O)O)c1ccc(-n2ccnn2)cc1. The molecule has 1 aromatic carbocycles. The Morgan fingerprint density at radius 3 is 2.59 bits per heavy atom. The van der Waals surface area contributed by atoms with Crippen LogP contribution in [0.4, 0.5) is 0 Å². The molecule has 1 aromatic heterocycles. The van der Waals surface area contributed by atoms with Crippen LogP contribution in [0.1, 0.15) is 29.6 Å². The summed E-state index contributed by atoms with van der Waals surface area (Å²) in [6.45, 7) is 0. The van der Waals surface area contributed by atoms with Crippen LogP contribution in [0, 0.1) is 5.92 Å². The molecule has 0 radical (unpaired) electrons. The van der Waals surface area contributed by atoms with Crippen LogP contribution in [0.25, 0.3) is 5.69 Å². The summed E-state index contributed by atoms with van der Waals surface area (Å²) in [6, 6.07) is 5.93. The number of hydrogen-bond donors (Lipinski definition) is 2. The number of carboxylic acid groups (broad SMARTS) is 1. The maximum Gasteiger partial charge on any atom is 0.326 e. The number of carbonyl (C=O) groups excluding carboxylic acids is 1. The lowest BCUT2D eigenvalue weighted by atomic mass is 10.1. The molecule has 1 aliphatic rings. The van der Waals surface area contributed by atoms with E-state index in [4.69, 9.17) is 0 Å². The Morgan fingerprint density at radius 1 is 1.32 bits per heavy atom. The van der Waals surface area contributed by atoms with Crippen LogP contribution in [0.2, 0.25) is 0 Å². The van der Waals surface area contributed by atoms with Crippen LogP contribution in [0.15, 0.2) is 36.7 Å². The molecule has 1 atom stereocenters. The van der Waals surface area contributed by atoms with E-state index in [9.17, 15) is 14.7 Å². The molecule has 0 bridgehead atoms. The summed E-state index contributed by atoms with van der Waals surface area (Å²) in [5.74, 6) is -0.936. The zero-order chi connectivity index (χ0) is 15.5. The van der Waals surface area contributed by atoms with Crippen molar-refractivity contribution in [3.63, 3.8) is 0 Å². The first-order valence-electron chi connectivity index (χ1n) is 7.14. The Hall–Kier alpha value is -2.70. The predicted molar refractivity (Wildman–Crippen MR) is 77.6 cm³/mol. The third-order valence-corrected chi connectivity index (χ3v) is 3.69.